The first-order chi connectivity index (χ1) is 12.9. The van der Waals surface area contributed by atoms with Crippen LogP contribution in [0.5, 0.6) is 0 Å². The summed E-state index contributed by atoms with van der Waals surface area (Å²) in [5.74, 6) is -1.46. The molecule has 1 rings (SSSR count). The van der Waals surface area contributed by atoms with Crippen LogP contribution in [0.4, 0.5) is 0 Å². The molecule has 0 fully saturated rings. The topological polar surface area (TPSA) is 74.6 Å². The van der Waals surface area contributed by atoms with Gasteiger partial charge in [-0.2, -0.15) is 0 Å². The second kappa shape index (κ2) is 10.1. The molecule has 28 heavy (non-hydrogen) atoms. The molecular formula is C24H38O4. The molecule has 0 aliphatic rings. The second-order valence-electron chi connectivity index (χ2n) is 9.50. The maximum atomic E-state index is 11.2. The zero-order valence-corrected chi connectivity index (χ0v) is 18.5. The Morgan fingerprint density at radius 3 is 1.43 bits per heavy atom. The van der Waals surface area contributed by atoms with Crippen molar-refractivity contribution in [1.29, 1.82) is 0 Å². The smallest absolute Gasteiger partial charge is 0.309 e. The van der Waals surface area contributed by atoms with Crippen LogP contribution in [0, 0.1) is 24.7 Å². The first kappa shape index (κ1) is 24.2. The Labute approximate surface area is 170 Å². The average molecular weight is 391 g/mol. The van der Waals surface area contributed by atoms with E-state index in [-0.39, 0.29) is 0 Å². The monoisotopic (exact) mass is 390 g/mol. The van der Waals surface area contributed by atoms with E-state index in [1.807, 2.05) is 0 Å². The maximum Gasteiger partial charge on any atom is 0.309 e. The van der Waals surface area contributed by atoms with Gasteiger partial charge in [-0.15, -0.1) is 0 Å². The molecule has 0 aromatic heterocycles. The van der Waals surface area contributed by atoms with E-state index in [1.165, 1.54) is 22.3 Å². The highest BCUT2D eigenvalue weighted by Crippen LogP contribution is 2.27. The lowest BCUT2D eigenvalue weighted by Crippen LogP contribution is -2.23. The normalized spacial score (nSPS) is 12.2. The largest absolute Gasteiger partial charge is 0.481 e. The van der Waals surface area contributed by atoms with E-state index >= 15 is 0 Å². The van der Waals surface area contributed by atoms with Crippen molar-refractivity contribution >= 4 is 11.9 Å². The summed E-state index contributed by atoms with van der Waals surface area (Å²) in [6.07, 6.45) is 7.14. The molecule has 0 unspecified atom stereocenters. The van der Waals surface area contributed by atoms with Gasteiger partial charge in [0.2, 0.25) is 0 Å². The summed E-state index contributed by atoms with van der Waals surface area (Å²) in [5.41, 5.74) is 3.99. The fourth-order valence-corrected chi connectivity index (χ4v) is 3.51. The van der Waals surface area contributed by atoms with Crippen molar-refractivity contribution in [2.45, 2.75) is 92.9 Å². The number of carbonyl (C=O) groups is 2. The predicted octanol–water partition coefficient (Wildman–Crippen LogP) is 5.95. The van der Waals surface area contributed by atoms with Crippen molar-refractivity contribution in [2.75, 3.05) is 0 Å². The van der Waals surface area contributed by atoms with E-state index in [0.29, 0.717) is 12.8 Å². The number of aryl methyl sites for hydroxylation is 3. The number of benzene rings is 1. The molecule has 2 N–H and O–H groups in total. The predicted molar refractivity (Wildman–Crippen MR) is 114 cm³/mol. The van der Waals surface area contributed by atoms with Gasteiger partial charge in [-0.1, -0.05) is 30.5 Å². The zero-order chi connectivity index (χ0) is 21.5. The summed E-state index contributed by atoms with van der Waals surface area (Å²) in [6, 6.07) is 4.49. The lowest BCUT2D eigenvalue weighted by atomic mass is 9.85. The summed E-state index contributed by atoms with van der Waals surface area (Å²) in [6.45, 7) is 11.4. The standard InChI is InChI=1S/C24H38O4/c1-17-15-19(11-7-9-13-23(3,4)21(25)26)18(2)20(16-17)12-8-10-14-24(5,6)22(27)28/h15-16H,7-14H2,1-6H3,(H,25,26)(H,27,28). The van der Waals surface area contributed by atoms with Crippen LogP contribution in [0.25, 0.3) is 0 Å². The lowest BCUT2D eigenvalue weighted by Gasteiger charge is -2.19. The van der Waals surface area contributed by atoms with E-state index in [1.54, 1.807) is 27.7 Å². The van der Waals surface area contributed by atoms with Crippen molar-refractivity contribution in [3.05, 3.63) is 34.4 Å². The molecule has 4 nitrogen and oxygen atoms in total. The molecule has 0 heterocycles. The Bertz CT molecular complexity index is 631. The van der Waals surface area contributed by atoms with Crippen LogP contribution in [-0.4, -0.2) is 22.2 Å². The van der Waals surface area contributed by atoms with Crippen molar-refractivity contribution in [1.82, 2.24) is 0 Å². The SMILES string of the molecule is Cc1cc(CCCCC(C)(C)C(=O)O)c(C)c(CCCCC(C)(C)C(=O)O)c1. The van der Waals surface area contributed by atoms with Gasteiger partial charge in [-0.3, -0.25) is 9.59 Å². The molecule has 0 radical (unpaired) electrons. The number of hydrogen-bond acceptors (Lipinski definition) is 2. The molecule has 4 heteroatoms. The number of rotatable bonds is 12. The summed E-state index contributed by atoms with van der Waals surface area (Å²) in [4.78, 5) is 22.4. The Kier molecular flexibility index (Phi) is 8.72. The van der Waals surface area contributed by atoms with Crippen molar-refractivity contribution in [3.8, 4) is 0 Å². The molecular weight excluding hydrogens is 352 g/mol. The third kappa shape index (κ3) is 7.29. The molecule has 0 saturated heterocycles. The minimum absolute atomic E-state index is 0.656. The van der Waals surface area contributed by atoms with Gasteiger partial charge in [-0.05, 0) is 96.8 Å². The number of hydrogen-bond donors (Lipinski definition) is 2. The van der Waals surface area contributed by atoms with E-state index in [2.05, 4.69) is 26.0 Å². The highest BCUT2D eigenvalue weighted by atomic mass is 16.4. The van der Waals surface area contributed by atoms with Crippen LogP contribution in [0.15, 0.2) is 12.1 Å². The molecule has 0 aliphatic heterocycles. The third-order valence-electron chi connectivity index (χ3n) is 5.92. The lowest BCUT2D eigenvalue weighted by molar-refractivity contribution is -0.148. The van der Waals surface area contributed by atoms with E-state index < -0.39 is 22.8 Å². The Morgan fingerprint density at radius 1 is 0.750 bits per heavy atom. The van der Waals surface area contributed by atoms with Crippen molar-refractivity contribution in [2.24, 2.45) is 10.8 Å². The van der Waals surface area contributed by atoms with Gasteiger partial charge in [0.25, 0.3) is 0 Å². The van der Waals surface area contributed by atoms with E-state index in [0.717, 1.165) is 38.5 Å². The second-order valence-corrected chi connectivity index (χ2v) is 9.50. The van der Waals surface area contributed by atoms with Gasteiger partial charge in [0.15, 0.2) is 0 Å². The summed E-state index contributed by atoms with van der Waals surface area (Å²) in [7, 11) is 0. The first-order valence-electron chi connectivity index (χ1n) is 10.4. The molecule has 0 atom stereocenters. The van der Waals surface area contributed by atoms with Crippen LogP contribution in [0.1, 0.15) is 88.5 Å². The summed E-state index contributed by atoms with van der Waals surface area (Å²) >= 11 is 0. The molecule has 1 aromatic carbocycles. The number of carboxylic acids is 2. The Hall–Kier alpha value is -1.84. The minimum atomic E-state index is -0.729. The third-order valence-corrected chi connectivity index (χ3v) is 5.92. The summed E-state index contributed by atoms with van der Waals surface area (Å²) < 4.78 is 0. The van der Waals surface area contributed by atoms with E-state index in [4.69, 9.17) is 0 Å². The van der Waals surface area contributed by atoms with Crippen molar-refractivity contribution < 1.29 is 19.8 Å². The van der Waals surface area contributed by atoms with Crippen LogP contribution in [-0.2, 0) is 22.4 Å². The molecule has 0 spiro atoms. The molecule has 0 saturated carbocycles. The zero-order valence-electron chi connectivity index (χ0n) is 18.5. The fourth-order valence-electron chi connectivity index (χ4n) is 3.51. The fraction of sp³-hybridized carbons (Fsp3) is 0.667. The van der Waals surface area contributed by atoms with Crippen LogP contribution < -0.4 is 0 Å². The van der Waals surface area contributed by atoms with Gasteiger partial charge in [-0.25, -0.2) is 0 Å². The molecule has 158 valence electrons. The van der Waals surface area contributed by atoms with Gasteiger partial charge in [0.1, 0.15) is 0 Å². The molecule has 0 bridgehead atoms. The van der Waals surface area contributed by atoms with Crippen LogP contribution in [0.3, 0.4) is 0 Å². The highest BCUT2D eigenvalue weighted by Gasteiger charge is 2.26. The quantitative estimate of drug-likeness (QED) is 0.432. The van der Waals surface area contributed by atoms with Gasteiger partial charge < -0.3 is 10.2 Å². The molecule has 0 aliphatic carbocycles. The first-order valence-corrected chi connectivity index (χ1v) is 10.4. The van der Waals surface area contributed by atoms with Gasteiger partial charge in [0.05, 0.1) is 10.8 Å². The van der Waals surface area contributed by atoms with Crippen molar-refractivity contribution in [3.63, 3.8) is 0 Å². The maximum absolute atomic E-state index is 11.2. The number of unbranched alkanes of at least 4 members (excludes halogenated alkanes) is 2. The highest BCUT2D eigenvalue weighted by molar-refractivity contribution is 5.73. The molecule has 1 aromatic rings. The Morgan fingerprint density at radius 2 is 1.11 bits per heavy atom. The summed E-state index contributed by atoms with van der Waals surface area (Å²) in [5, 5.41) is 18.5. The number of aliphatic carboxylic acids is 2. The average Bonchev–Trinajstić information content (AvgIpc) is 2.58. The van der Waals surface area contributed by atoms with Gasteiger partial charge >= 0.3 is 11.9 Å². The van der Waals surface area contributed by atoms with Crippen LogP contribution in [0.2, 0.25) is 0 Å². The minimum Gasteiger partial charge on any atom is -0.481 e. The molecule has 0 amide bonds. The Balaban J connectivity index is 2.61. The van der Waals surface area contributed by atoms with Gasteiger partial charge in [0, 0.05) is 0 Å². The van der Waals surface area contributed by atoms with Crippen LogP contribution >= 0.6 is 0 Å². The van der Waals surface area contributed by atoms with E-state index in [9.17, 15) is 19.8 Å². The number of carboxylic acid groups (broad SMARTS) is 2.